The van der Waals surface area contributed by atoms with Crippen molar-refractivity contribution in [1.82, 2.24) is 19.9 Å². The zero-order chi connectivity index (χ0) is 24.1. The zero-order valence-corrected chi connectivity index (χ0v) is 20.9. The van der Waals surface area contributed by atoms with Gasteiger partial charge in [-0.2, -0.15) is 0 Å². The van der Waals surface area contributed by atoms with Crippen LogP contribution in [0.4, 0.5) is 11.5 Å². The van der Waals surface area contributed by atoms with E-state index in [0.717, 1.165) is 61.4 Å². The van der Waals surface area contributed by atoms with Gasteiger partial charge in [0.2, 0.25) is 0 Å². The van der Waals surface area contributed by atoms with E-state index in [0.29, 0.717) is 11.8 Å². The lowest BCUT2D eigenvalue weighted by Gasteiger charge is -2.40. The molecule has 10 heteroatoms. The number of hydrogen-bond donors (Lipinski definition) is 2. The lowest BCUT2D eigenvalue weighted by molar-refractivity contribution is 0.225. The van der Waals surface area contributed by atoms with Crippen molar-refractivity contribution in [2.24, 2.45) is 0 Å². The van der Waals surface area contributed by atoms with Gasteiger partial charge in [-0.15, -0.1) is 0 Å². The maximum Gasteiger partial charge on any atom is 0.179 e. The number of aryl methyl sites for hydroxylation is 1. The monoisotopic (exact) mass is 486 g/mol. The van der Waals surface area contributed by atoms with Gasteiger partial charge >= 0.3 is 0 Å². The molecular weight excluding hydrogens is 452 g/mol. The third kappa shape index (κ3) is 5.61. The van der Waals surface area contributed by atoms with Gasteiger partial charge < -0.3 is 19.9 Å². The predicted molar refractivity (Wildman–Crippen MR) is 136 cm³/mol. The Morgan fingerprint density at radius 1 is 1.29 bits per heavy atom. The molecule has 1 unspecified atom stereocenters. The van der Waals surface area contributed by atoms with E-state index in [4.69, 9.17) is 4.74 Å². The van der Waals surface area contributed by atoms with Crippen LogP contribution in [0.1, 0.15) is 25.8 Å². The molecule has 2 N–H and O–H groups in total. The summed E-state index contributed by atoms with van der Waals surface area (Å²) in [5.74, 6) is 1.67. The number of anilines is 2. The van der Waals surface area contributed by atoms with Crippen LogP contribution in [-0.2, 0) is 16.3 Å². The van der Waals surface area contributed by atoms with E-state index in [9.17, 15) is 8.42 Å². The van der Waals surface area contributed by atoms with E-state index in [1.807, 2.05) is 18.2 Å². The van der Waals surface area contributed by atoms with Crippen molar-refractivity contribution >= 4 is 32.2 Å². The van der Waals surface area contributed by atoms with Gasteiger partial charge in [-0.1, -0.05) is 6.92 Å². The fraction of sp³-hybridized carbons (Fsp3) is 0.500. The lowest BCUT2D eigenvalue weighted by atomic mass is 10.1. The molecule has 0 bridgehead atoms. The number of hydrogen-bond acceptors (Lipinski definition) is 8. The molecule has 0 radical (unpaired) electrons. The van der Waals surface area contributed by atoms with Gasteiger partial charge in [0.25, 0.3) is 0 Å². The number of ether oxygens (including phenoxy) is 1. The number of H-pyrrole nitrogens is 1. The highest BCUT2D eigenvalue weighted by atomic mass is 32.2. The molecule has 1 fully saturated rings. The van der Waals surface area contributed by atoms with Crippen molar-refractivity contribution < 1.29 is 13.2 Å². The van der Waals surface area contributed by atoms with Crippen molar-refractivity contribution in [2.45, 2.75) is 32.7 Å². The van der Waals surface area contributed by atoms with Gasteiger partial charge in [-0.3, -0.25) is 4.90 Å². The molecule has 184 valence electrons. The standard InChI is InChI=1S/C24H34N6O3S/c1-4-34(31,32)17-28-20-7-8-22-21(12-20)19(13-26-22)6-5-9-29-10-11-30(18(2)15-29)24-23(33-3)14-25-16-27-24/h7-8,12-14,16,18,26,28H,4-6,9-11,15,17H2,1-3H3. The third-order valence-corrected chi connectivity index (χ3v) is 7.95. The summed E-state index contributed by atoms with van der Waals surface area (Å²) in [7, 11) is -1.41. The molecule has 0 amide bonds. The Morgan fingerprint density at radius 2 is 2.15 bits per heavy atom. The van der Waals surface area contributed by atoms with Crippen LogP contribution in [0.3, 0.4) is 0 Å². The summed E-state index contributed by atoms with van der Waals surface area (Å²) >= 11 is 0. The molecule has 1 saturated heterocycles. The maximum atomic E-state index is 11.8. The minimum absolute atomic E-state index is 0.0419. The highest BCUT2D eigenvalue weighted by molar-refractivity contribution is 7.91. The summed E-state index contributed by atoms with van der Waals surface area (Å²) < 4.78 is 29.1. The smallest absolute Gasteiger partial charge is 0.179 e. The molecule has 4 rings (SSSR count). The number of fused-ring (bicyclic) bond motifs is 1. The van der Waals surface area contributed by atoms with Gasteiger partial charge in [0.1, 0.15) is 12.2 Å². The average molecular weight is 487 g/mol. The van der Waals surface area contributed by atoms with Crippen LogP contribution < -0.4 is 15.0 Å². The second-order valence-electron chi connectivity index (χ2n) is 8.79. The van der Waals surface area contributed by atoms with Crippen LogP contribution in [0.25, 0.3) is 10.9 Å². The fourth-order valence-corrected chi connectivity index (χ4v) is 5.10. The summed E-state index contributed by atoms with van der Waals surface area (Å²) in [4.78, 5) is 16.6. The highest BCUT2D eigenvalue weighted by Crippen LogP contribution is 2.28. The van der Waals surface area contributed by atoms with Gasteiger partial charge in [0.05, 0.1) is 13.3 Å². The summed E-state index contributed by atoms with van der Waals surface area (Å²) in [6.07, 6.45) is 7.37. The average Bonchev–Trinajstić information content (AvgIpc) is 3.25. The summed E-state index contributed by atoms with van der Waals surface area (Å²) in [5, 5.41) is 4.20. The van der Waals surface area contributed by atoms with E-state index >= 15 is 0 Å². The Morgan fingerprint density at radius 3 is 2.91 bits per heavy atom. The van der Waals surface area contributed by atoms with Crippen LogP contribution in [0.5, 0.6) is 5.75 Å². The SMILES string of the molecule is CCS(=O)(=O)CNc1ccc2[nH]cc(CCCN3CCN(c4ncncc4OC)C(C)C3)c2c1. The van der Waals surface area contributed by atoms with E-state index in [2.05, 4.69) is 43.2 Å². The Balaban J connectivity index is 1.32. The molecule has 3 aromatic rings. The molecule has 0 spiro atoms. The molecule has 1 aliphatic heterocycles. The Hall–Kier alpha value is -2.85. The molecule has 0 aliphatic carbocycles. The lowest BCUT2D eigenvalue weighted by Crippen LogP contribution is -2.52. The normalized spacial score (nSPS) is 17.3. The van der Waals surface area contributed by atoms with E-state index in [1.54, 1.807) is 26.6 Å². The number of rotatable bonds is 10. The van der Waals surface area contributed by atoms with Gasteiger partial charge in [-0.05, 0) is 50.1 Å². The van der Waals surface area contributed by atoms with Crippen LogP contribution in [0.2, 0.25) is 0 Å². The number of nitrogens with one attached hydrogen (secondary N) is 2. The van der Waals surface area contributed by atoms with Crippen molar-refractivity contribution in [1.29, 1.82) is 0 Å². The van der Waals surface area contributed by atoms with Gasteiger partial charge in [0.15, 0.2) is 21.4 Å². The first-order valence-electron chi connectivity index (χ1n) is 11.8. The molecule has 1 atom stereocenters. The van der Waals surface area contributed by atoms with Crippen molar-refractivity contribution in [3.63, 3.8) is 0 Å². The third-order valence-electron chi connectivity index (χ3n) is 6.49. The first kappa shape index (κ1) is 24.3. The van der Waals surface area contributed by atoms with Crippen LogP contribution in [0, 0.1) is 0 Å². The minimum Gasteiger partial charge on any atom is -0.491 e. The Bertz CT molecular complexity index is 1210. The largest absolute Gasteiger partial charge is 0.491 e. The maximum absolute atomic E-state index is 11.8. The van der Waals surface area contributed by atoms with E-state index < -0.39 is 9.84 Å². The van der Waals surface area contributed by atoms with Crippen LogP contribution in [-0.4, -0.2) is 79.2 Å². The topological polar surface area (TPSA) is 103 Å². The van der Waals surface area contributed by atoms with Crippen molar-refractivity contribution in [3.05, 3.63) is 42.5 Å². The van der Waals surface area contributed by atoms with Crippen molar-refractivity contribution in [2.75, 3.05) is 55.1 Å². The first-order valence-corrected chi connectivity index (χ1v) is 13.6. The number of piperazine rings is 1. The molecule has 1 aliphatic rings. The van der Waals surface area contributed by atoms with E-state index in [-0.39, 0.29) is 11.6 Å². The van der Waals surface area contributed by atoms with Gasteiger partial charge in [-0.25, -0.2) is 18.4 Å². The number of benzene rings is 1. The van der Waals surface area contributed by atoms with Crippen LogP contribution >= 0.6 is 0 Å². The quantitative estimate of drug-likeness (QED) is 0.451. The number of sulfone groups is 1. The summed E-state index contributed by atoms with van der Waals surface area (Å²) in [5.41, 5.74) is 3.16. The highest BCUT2D eigenvalue weighted by Gasteiger charge is 2.26. The Labute approximate surface area is 201 Å². The molecule has 0 saturated carbocycles. The Kier molecular flexibility index (Phi) is 7.57. The molecule has 3 heterocycles. The summed E-state index contributed by atoms with van der Waals surface area (Å²) in [6, 6.07) is 6.30. The molecule has 34 heavy (non-hydrogen) atoms. The second kappa shape index (κ2) is 10.6. The minimum atomic E-state index is -3.07. The number of aromatic nitrogens is 3. The van der Waals surface area contributed by atoms with Gasteiger partial charge in [0, 0.05) is 54.2 Å². The molecule has 1 aromatic carbocycles. The number of methoxy groups -OCH3 is 1. The number of aromatic amines is 1. The molecular formula is C24H34N6O3S. The van der Waals surface area contributed by atoms with E-state index in [1.165, 1.54) is 5.56 Å². The molecule has 9 nitrogen and oxygen atoms in total. The zero-order valence-electron chi connectivity index (χ0n) is 20.1. The fourth-order valence-electron chi connectivity index (χ4n) is 4.50. The molecule has 2 aromatic heterocycles. The first-order chi connectivity index (χ1) is 16.4. The van der Waals surface area contributed by atoms with Crippen LogP contribution in [0.15, 0.2) is 36.9 Å². The second-order valence-corrected chi connectivity index (χ2v) is 11.1. The predicted octanol–water partition coefficient (Wildman–Crippen LogP) is 2.91. The summed E-state index contributed by atoms with van der Waals surface area (Å²) in [6.45, 7) is 7.76. The number of nitrogens with zero attached hydrogens (tertiary/aromatic N) is 4. The van der Waals surface area contributed by atoms with Crippen molar-refractivity contribution in [3.8, 4) is 5.75 Å².